The summed E-state index contributed by atoms with van der Waals surface area (Å²) in [4.78, 5) is 11.8. The van der Waals surface area contributed by atoms with Gasteiger partial charge in [-0.15, -0.1) is 0 Å². The molecule has 0 radical (unpaired) electrons. The number of anilines is 2. The lowest BCUT2D eigenvalue weighted by Gasteiger charge is -2.12. The van der Waals surface area contributed by atoms with Gasteiger partial charge >= 0.3 is 0 Å². The Bertz CT molecular complexity index is 1200. The standard InChI is InChI=1S/C21H18F2N2O4S/c1-13-3-9-17(22)19(11-13)24-21(26)14-4-10-18(23)20(12-14)30(27,28)25-15-5-7-16(29-2)8-6-15/h3-12,25H,1-2H3,(H,24,26). The molecule has 3 rings (SSSR count). The Kier molecular flexibility index (Phi) is 6.02. The van der Waals surface area contributed by atoms with Crippen molar-refractivity contribution in [2.45, 2.75) is 11.8 Å². The first-order chi connectivity index (χ1) is 14.2. The number of hydrogen-bond acceptors (Lipinski definition) is 4. The number of halogens is 2. The normalized spacial score (nSPS) is 11.1. The van der Waals surface area contributed by atoms with Gasteiger partial charge in [0.15, 0.2) is 0 Å². The number of sulfonamides is 1. The summed E-state index contributed by atoms with van der Waals surface area (Å²) in [6.07, 6.45) is 0. The molecule has 0 unspecified atom stereocenters. The van der Waals surface area contributed by atoms with Crippen LogP contribution >= 0.6 is 0 Å². The van der Waals surface area contributed by atoms with E-state index in [0.717, 1.165) is 23.8 Å². The highest BCUT2D eigenvalue weighted by atomic mass is 32.2. The summed E-state index contributed by atoms with van der Waals surface area (Å²) < 4.78 is 60.7. The largest absolute Gasteiger partial charge is 0.497 e. The molecule has 0 heterocycles. The van der Waals surface area contributed by atoms with Crippen molar-refractivity contribution in [2.24, 2.45) is 0 Å². The summed E-state index contributed by atoms with van der Waals surface area (Å²) in [5, 5.41) is 2.36. The maximum atomic E-state index is 14.3. The van der Waals surface area contributed by atoms with Crippen LogP contribution in [0.3, 0.4) is 0 Å². The number of carbonyl (C=O) groups is 1. The van der Waals surface area contributed by atoms with Gasteiger partial charge in [0, 0.05) is 11.3 Å². The first-order valence-corrected chi connectivity index (χ1v) is 10.2. The van der Waals surface area contributed by atoms with Crippen molar-refractivity contribution in [2.75, 3.05) is 17.1 Å². The Hall–Kier alpha value is -3.46. The molecule has 1 amide bonds. The smallest absolute Gasteiger partial charge is 0.264 e. The molecule has 0 aliphatic heterocycles. The van der Waals surface area contributed by atoms with Gasteiger partial charge in [-0.1, -0.05) is 6.07 Å². The zero-order valence-electron chi connectivity index (χ0n) is 16.1. The van der Waals surface area contributed by atoms with Crippen molar-refractivity contribution in [3.8, 4) is 5.75 Å². The van der Waals surface area contributed by atoms with Crippen LogP contribution in [0.2, 0.25) is 0 Å². The second-order valence-electron chi connectivity index (χ2n) is 6.42. The van der Waals surface area contributed by atoms with Gasteiger partial charge in [0.25, 0.3) is 15.9 Å². The molecular weight excluding hydrogens is 414 g/mol. The highest BCUT2D eigenvalue weighted by Gasteiger charge is 2.22. The van der Waals surface area contributed by atoms with Crippen LogP contribution in [0.5, 0.6) is 5.75 Å². The Labute approximate surface area is 172 Å². The lowest BCUT2D eigenvalue weighted by Crippen LogP contribution is -2.18. The molecule has 3 aromatic rings. The minimum atomic E-state index is -4.33. The minimum absolute atomic E-state index is 0.0647. The van der Waals surface area contributed by atoms with Crippen LogP contribution < -0.4 is 14.8 Å². The Morgan fingerprint density at radius 2 is 1.60 bits per heavy atom. The van der Waals surface area contributed by atoms with Crippen LogP contribution in [0.4, 0.5) is 20.2 Å². The molecule has 6 nitrogen and oxygen atoms in total. The topological polar surface area (TPSA) is 84.5 Å². The van der Waals surface area contributed by atoms with E-state index in [0.29, 0.717) is 5.75 Å². The van der Waals surface area contributed by atoms with E-state index in [2.05, 4.69) is 10.0 Å². The average Bonchev–Trinajstić information content (AvgIpc) is 2.71. The molecule has 9 heteroatoms. The molecule has 0 aliphatic rings. The van der Waals surface area contributed by atoms with E-state index in [1.807, 2.05) is 0 Å². The molecular formula is C21H18F2N2O4S. The molecule has 0 bridgehead atoms. The van der Waals surface area contributed by atoms with E-state index in [-0.39, 0.29) is 16.9 Å². The molecule has 156 valence electrons. The molecule has 2 N–H and O–H groups in total. The third-order valence-corrected chi connectivity index (χ3v) is 5.59. The zero-order valence-corrected chi connectivity index (χ0v) is 16.9. The molecule has 0 saturated carbocycles. The lowest BCUT2D eigenvalue weighted by molar-refractivity contribution is 0.102. The molecule has 0 spiro atoms. The first-order valence-electron chi connectivity index (χ1n) is 8.73. The number of carbonyl (C=O) groups excluding carboxylic acids is 1. The summed E-state index contributed by atoms with van der Waals surface area (Å²) in [5.41, 5.74) is 0.696. The fourth-order valence-electron chi connectivity index (χ4n) is 2.65. The van der Waals surface area contributed by atoms with Crippen LogP contribution in [-0.4, -0.2) is 21.4 Å². The number of aryl methyl sites for hydroxylation is 1. The first kappa shape index (κ1) is 21.3. The van der Waals surface area contributed by atoms with E-state index in [4.69, 9.17) is 4.74 Å². The van der Waals surface area contributed by atoms with Crippen LogP contribution in [0.1, 0.15) is 15.9 Å². The predicted octanol–water partition coefficient (Wildman–Crippen LogP) is 4.33. The lowest BCUT2D eigenvalue weighted by atomic mass is 10.2. The van der Waals surface area contributed by atoms with E-state index in [1.54, 1.807) is 13.0 Å². The third kappa shape index (κ3) is 4.74. The number of amides is 1. The van der Waals surface area contributed by atoms with Gasteiger partial charge in [-0.05, 0) is 67.1 Å². The number of hydrogen-bond donors (Lipinski definition) is 2. The highest BCUT2D eigenvalue weighted by molar-refractivity contribution is 7.92. The highest BCUT2D eigenvalue weighted by Crippen LogP contribution is 2.23. The van der Waals surface area contributed by atoms with Crippen molar-refractivity contribution < 1.29 is 26.7 Å². The zero-order chi connectivity index (χ0) is 21.9. The predicted molar refractivity (Wildman–Crippen MR) is 109 cm³/mol. The summed E-state index contributed by atoms with van der Waals surface area (Å²) in [6, 6.07) is 13.0. The molecule has 0 aromatic heterocycles. The summed E-state index contributed by atoms with van der Waals surface area (Å²) in [6.45, 7) is 1.72. The van der Waals surface area contributed by atoms with Crippen molar-refractivity contribution in [3.63, 3.8) is 0 Å². The minimum Gasteiger partial charge on any atom is -0.497 e. The van der Waals surface area contributed by atoms with E-state index in [9.17, 15) is 22.0 Å². The molecule has 0 aliphatic carbocycles. The van der Waals surface area contributed by atoms with Gasteiger partial charge in [-0.25, -0.2) is 17.2 Å². The van der Waals surface area contributed by atoms with Gasteiger partial charge < -0.3 is 10.1 Å². The molecule has 0 saturated heterocycles. The second-order valence-corrected chi connectivity index (χ2v) is 8.07. The quantitative estimate of drug-likeness (QED) is 0.607. The maximum absolute atomic E-state index is 14.3. The number of nitrogens with one attached hydrogen (secondary N) is 2. The molecule has 0 fully saturated rings. The Morgan fingerprint density at radius 3 is 2.27 bits per heavy atom. The monoisotopic (exact) mass is 432 g/mol. The maximum Gasteiger partial charge on any atom is 0.264 e. The fourth-order valence-corrected chi connectivity index (χ4v) is 3.81. The summed E-state index contributed by atoms with van der Waals surface area (Å²) in [7, 11) is -2.86. The van der Waals surface area contributed by atoms with E-state index in [1.165, 1.54) is 43.5 Å². The van der Waals surface area contributed by atoms with Gasteiger partial charge in [0.05, 0.1) is 12.8 Å². The SMILES string of the molecule is COc1ccc(NS(=O)(=O)c2cc(C(=O)Nc3cc(C)ccc3F)ccc2F)cc1. The average molecular weight is 432 g/mol. The van der Waals surface area contributed by atoms with Crippen molar-refractivity contribution in [1.29, 1.82) is 0 Å². The fraction of sp³-hybridized carbons (Fsp3) is 0.0952. The van der Waals surface area contributed by atoms with Gasteiger partial charge in [0.1, 0.15) is 22.3 Å². The number of benzene rings is 3. The van der Waals surface area contributed by atoms with Crippen molar-refractivity contribution in [1.82, 2.24) is 0 Å². The number of rotatable bonds is 6. The van der Waals surface area contributed by atoms with Crippen LogP contribution in [0.15, 0.2) is 65.6 Å². The van der Waals surface area contributed by atoms with E-state index < -0.39 is 32.5 Å². The van der Waals surface area contributed by atoms with Gasteiger partial charge in [-0.3, -0.25) is 9.52 Å². The van der Waals surface area contributed by atoms with Crippen LogP contribution in [0, 0.1) is 18.6 Å². The van der Waals surface area contributed by atoms with Crippen LogP contribution in [-0.2, 0) is 10.0 Å². The third-order valence-electron chi connectivity index (χ3n) is 4.20. The molecule has 0 atom stereocenters. The molecule has 3 aromatic carbocycles. The Morgan fingerprint density at radius 1 is 0.933 bits per heavy atom. The Balaban J connectivity index is 1.88. The molecule has 30 heavy (non-hydrogen) atoms. The second kappa shape index (κ2) is 8.50. The summed E-state index contributed by atoms with van der Waals surface area (Å²) >= 11 is 0. The van der Waals surface area contributed by atoms with Crippen LogP contribution in [0.25, 0.3) is 0 Å². The number of ether oxygens (including phenoxy) is 1. The number of methoxy groups -OCH3 is 1. The van der Waals surface area contributed by atoms with Gasteiger partial charge in [-0.2, -0.15) is 0 Å². The summed E-state index contributed by atoms with van der Waals surface area (Å²) in [5.74, 6) is -1.94. The van der Waals surface area contributed by atoms with Crippen molar-refractivity contribution >= 4 is 27.3 Å². The van der Waals surface area contributed by atoms with E-state index >= 15 is 0 Å². The van der Waals surface area contributed by atoms with Crippen molar-refractivity contribution in [3.05, 3.63) is 83.4 Å². The van der Waals surface area contributed by atoms with Gasteiger partial charge in [0.2, 0.25) is 0 Å².